The summed E-state index contributed by atoms with van der Waals surface area (Å²) < 4.78 is 4.92. The van der Waals surface area contributed by atoms with Gasteiger partial charge in [0.2, 0.25) is 5.91 Å². The fraction of sp³-hybridized carbons (Fsp3) is 0.636. The van der Waals surface area contributed by atoms with Crippen LogP contribution in [0.2, 0.25) is 0 Å². The van der Waals surface area contributed by atoms with E-state index in [0.29, 0.717) is 6.61 Å². The van der Waals surface area contributed by atoms with Crippen LogP contribution in [0.25, 0.3) is 0 Å². The molecule has 0 aromatic heterocycles. The number of ether oxygens (including phenoxy) is 1. The lowest BCUT2D eigenvalue weighted by molar-refractivity contribution is -0.144. The second kappa shape index (κ2) is 7.87. The van der Waals surface area contributed by atoms with Crippen molar-refractivity contribution in [3.05, 3.63) is 12.7 Å². The Hall–Kier alpha value is -1.36. The average molecular weight is 229 g/mol. The first-order valence-electron chi connectivity index (χ1n) is 5.10. The van der Waals surface area contributed by atoms with Gasteiger partial charge in [0, 0.05) is 26.7 Å². The summed E-state index contributed by atoms with van der Waals surface area (Å²) in [6.45, 7) is 5.83. The van der Waals surface area contributed by atoms with Gasteiger partial charge in [-0.05, 0) is 5.92 Å². The van der Waals surface area contributed by atoms with Crippen LogP contribution >= 0.6 is 0 Å². The summed E-state index contributed by atoms with van der Waals surface area (Å²) >= 11 is 0. The molecule has 1 amide bonds. The fourth-order valence-electron chi connectivity index (χ4n) is 1.34. The highest BCUT2D eigenvalue weighted by Crippen LogP contribution is 2.06. The van der Waals surface area contributed by atoms with E-state index in [1.165, 1.54) is 11.0 Å². The summed E-state index contributed by atoms with van der Waals surface area (Å²) in [5.74, 6) is -1.12. The van der Waals surface area contributed by atoms with E-state index in [1.54, 1.807) is 7.11 Å². The first-order chi connectivity index (χ1) is 7.51. The van der Waals surface area contributed by atoms with Gasteiger partial charge in [-0.2, -0.15) is 0 Å². The zero-order valence-corrected chi connectivity index (χ0v) is 9.81. The largest absolute Gasteiger partial charge is 0.480 e. The Balaban J connectivity index is 4.25. The highest BCUT2D eigenvalue weighted by molar-refractivity contribution is 5.81. The standard InChI is InChI=1S/C11H19NO4/c1-4-5-12(7-11(14)15)10(13)6-9(2)8-16-3/h4,9H,1,5-8H2,2-3H3,(H,14,15). The number of nitrogens with zero attached hydrogens (tertiary/aromatic N) is 1. The molecule has 0 saturated carbocycles. The van der Waals surface area contributed by atoms with Crippen LogP contribution in [0.3, 0.4) is 0 Å². The van der Waals surface area contributed by atoms with Crippen LogP contribution in [0, 0.1) is 5.92 Å². The van der Waals surface area contributed by atoms with Crippen LogP contribution < -0.4 is 0 Å². The van der Waals surface area contributed by atoms with Crippen molar-refractivity contribution in [2.24, 2.45) is 5.92 Å². The molecule has 1 atom stereocenters. The molecule has 0 rings (SSSR count). The molecule has 0 aromatic rings. The topological polar surface area (TPSA) is 66.8 Å². The molecule has 0 aromatic carbocycles. The molecule has 5 nitrogen and oxygen atoms in total. The van der Waals surface area contributed by atoms with E-state index in [4.69, 9.17) is 9.84 Å². The summed E-state index contributed by atoms with van der Waals surface area (Å²) in [4.78, 5) is 23.5. The number of carbonyl (C=O) groups is 2. The number of carboxylic acids is 1. The van der Waals surface area contributed by atoms with Crippen LogP contribution in [-0.4, -0.2) is 48.7 Å². The van der Waals surface area contributed by atoms with E-state index in [1.807, 2.05) is 6.92 Å². The predicted octanol–water partition coefficient (Wildman–Crippen LogP) is 0.758. The van der Waals surface area contributed by atoms with Crippen LogP contribution in [0.15, 0.2) is 12.7 Å². The lowest BCUT2D eigenvalue weighted by Crippen LogP contribution is -2.36. The predicted molar refractivity (Wildman–Crippen MR) is 60.1 cm³/mol. The molecular formula is C11H19NO4. The maximum Gasteiger partial charge on any atom is 0.323 e. The third-order valence-electron chi connectivity index (χ3n) is 2.00. The first kappa shape index (κ1) is 14.6. The molecule has 1 unspecified atom stereocenters. The molecular weight excluding hydrogens is 210 g/mol. The lowest BCUT2D eigenvalue weighted by Gasteiger charge is -2.20. The molecule has 0 heterocycles. The van der Waals surface area contributed by atoms with Crippen molar-refractivity contribution in [1.82, 2.24) is 4.90 Å². The smallest absolute Gasteiger partial charge is 0.323 e. The Labute approximate surface area is 95.7 Å². The lowest BCUT2D eigenvalue weighted by atomic mass is 10.1. The van der Waals surface area contributed by atoms with Crippen molar-refractivity contribution in [1.29, 1.82) is 0 Å². The zero-order valence-electron chi connectivity index (χ0n) is 9.81. The van der Waals surface area contributed by atoms with E-state index in [-0.39, 0.29) is 31.3 Å². The minimum atomic E-state index is -1.02. The van der Waals surface area contributed by atoms with Crippen LogP contribution in [-0.2, 0) is 14.3 Å². The SMILES string of the molecule is C=CCN(CC(=O)O)C(=O)CC(C)COC. The Morgan fingerprint density at radius 1 is 1.56 bits per heavy atom. The molecule has 92 valence electrons. The quantitative estimate of drug-likeness (QED) is 0.624. The van der Waals surface area contributed by atoms with Crippen LogP contribution in [0.4, 0.5) is 0 Å². The number of methoxy groups -OCH3 is 1. The first-order valence-corrected chi connectivity index (χ1v) is 5.10. The molecule has 1 N–H and O–H groups in total. The molecule has 0 aliphatic heterocycles. The maximum atomic E-state index is 11.7. The van der Waals surface area contributed by atoms with Crippen molar-refractivity contribution in [3.8, 4) is 0 Å². The molecule has 0 fully saturated rings. The number of hydrogen-bond acceptors (Lipinski definition) is 3. The minimum Gasteiger partial charge on any atom is -0.480 e. The van der Waals surface area contributed by atoms with Gasteiger partial charge in [0.05, 0.1) is 0 Å². The number of aliphatic carboxylic acids is 1. The van der Waals surface area contributed by atoms with Gasteiger partial charge in [0.25, 0.3) is 0 Å². The second-order valence-corrected chi connectivity index (χ2v) is 3.72. The van der Waals surface area contributed by atoms with Gasteiger partial charge in [-0.1, -0.05) is 13.0 Å². The molecule has 5 heteroatoms. The summed E-state index contributed by atoms with van der Waals surface area (Å²) in [6, 6.07) is 0. The highest BCUT2D eigenvalue weighted by atomic mass is 16.5. The maximum absolute atomic E-state index is 11.7. The Bertz CT molecular complexity index is 252. The Kier molecular flexibility index (Phi) is 7.20. The van der Waals surface area contributed by atoms with Gasteiger partial charge in [-0.15, -0.1) is 6.58 Å². The molecule has 0 aliphatic rings. The van der Waals surface area contributed by atoms with E-state index in [2.05, 4.69) is 6.58 Å². The van der Waals surface area contributed by atoms with Crippen molar-refractivity contribution in [2.75, 3.05) is 26.8 Å². The summed E-state index contributed by atoms with van der Waals surface area (Å²) in [7, 11) is 1.57. The molecule has 0 bridgehead atoms. The van der Waals surface area contributed by atoms with Gasteiger partial charge < -0.3 is 14.7 Å². The fourth-order valence-corrected chi connectivity index (χ4v) is 1.34. The molecule has 0 spiro atoms. The Morgan fingerprint density at radius 2 is 2.19 bits per heavy atom. The Morgan fingerprint density at radius 3 is 2.62 bits per heavy atom. The van der Waals surface area contributed by atoms with E-state index in [9.17, 15) is 9.59 Å². The second-order valence-electron chi connectivity index (χ2n) is 3.72. The van der Waals surface area contributed by atoms with Crippen molar-refractivity contribution < 1.29 is 19.4 Å². The van der Waals surface area contributed by atoms with Gasteiger partial charge in [0.15, 0.2) is 0 Å². The molecule has 0 saturated heterocycles. The highest BCUT2D eigenvalue weighted by Gasteiger charge is 2.17. The number of carbonyl (C=O) groups excluding carboxylic acids is 1. The molecule has 0 aliphatic carbocycles. The number of carboxylic acid groups (broad SMARTS) is 1. The number of rotatable bonds is 8. The summed E-state index contributed by atoms with van der Waals surface area (Å²) in [5, 5.41) is 8.64. The zero-order chi connectivity index (χ0) is 12.6. The molecule has 16 heavy (non-hydrogen) atoms. The van der Waals surface area contributed by atoms with Crippen molar-refractivity contribution in [3.63, 3.8) is 0 Å². The number of hydrogen-bond donors (Lipinski definition) is 1. The van der Waals surface area contributed by atoms with Crippen LogP contribution in [0.5, 0.6) is 0 Å². The van der Waals surface area contributed by atoms with Gasteiger partial charge in [-0.25, -0.2) is 0 Å². The summed E-state index contributed by atoms with van der Waals surface area (Å²) in [6.07, 6.45) is 1.80. The van der Waals surface area contributed by atoms with Crippen molar-refractivity contribution in [2.45, 2.75) is 13.3 Å². The van der Waals surface area contributed by atoms with Crippen molar-refractivity contribution >= 4 is 11.9 Å². The summed E-state index contributed by atoms with van der Waals surface area (Å²) in [5.41, 5.74) is 0. The molecule has 0 radical (unpaired) electrons. The normalized spacial score (nSPS) is 11.9. The monoisotopic (exact) mass is 229 g/mol. The van der Waals surface area contributed by atoms with E-state index in [0.717, 1.165) is 0 Å². The van der Waals surface area contributed by atoms with Crippen LogP contribution in [0.1, 0.15) is 13.3 Å². The van der Waals surface area contributed by atoms with Gasteiger partial charge >= 0.3 is 5.97 Å². The third kappa shape index (κ3) is 6.19. The van der Waals surface area contributed by atoms with Gasteiger partial charge in [-0.3, -0.25) is 9.59 Å². The third-order valence-corrected chi connectivity index (χ3v) is 2.00. The van der Waals surface area contributed by atoms with Gasteiger partial charge in [0.1, 0.15) is 6.54 Å². The minimum absolute atomic E-state index is 0.0820. The van der Waals surface area contributed by atoms with E-state index >= 15 is 0 Å². The van der Waals surface area contributed by atoms with E-state index < -0.39 is 5.97 Å². The average Bonchev–Trinajstić information content (AvgIpc) is 2.16. The number of amides is 1.